The molecule has 0 N–H and O–H groups in total. The summed E-state index contributed by atoms with van der Waals surface area (Å²) < 4.78 is 0. The number of carbonyl (C=O) groups excluding carboxylic acids is 1. The molecule has 0 aliphatic carbocycles. The van der Waals surface area contributed by atoms with Gasteiger partial charge in [0.05, 0.1) is 6.04 Å². The standard InChI is InChI=1S/C16H25N5O/c1-12-11-15(18-13(2)17-12)20-7-9-21(10-8-20)16(22)14-5-4-6-19(14)3/h11,14H,4-10H2,1-3H3. The molecule has 1 unspecified atom stereocenters. The molecular weight excluding hydrogens is 278 g/mol. The monoisotopic (exact) mass is 303 g/mol. The second-order valence-electron chi connectivity index (χ2n) is 6.37. The van der Waals surface area contributed by atoms with Gasteiger partial charge in [0.15, 0.2) is 0 Å². The molecule has 1 atom stereocenters. The molecule has 0 aromatic carbocycles. The van der Waals surface area contributed by atoms with E-state index < -0.39 is 0 Å². The van der Waals surface area contributed by atoms with Crippen molar-refractivity contribution in [3.63, 3.8) is 0 Å². The zero-order chi connectivity index (χ0) is 15.7. The molecule has 120 valence electrons. The number of aryl methyl sites for hydroxylation is 2. The van der Waals surface area contributed by atoms with Crippen molar-refractivity contribution in [3.05, 3.63) is 17.6 Å². The van der Waals surface area contributed by atoms with E-state index in [2.05, 4.69) is 26.8 Å². The van der Waals surface area contributed by atoms with Crippen LogP contribution in [0.4, 0.5) is 5.82 Å². The zero-order valence-corrected chi connectivity index (χ0v) is 13.7. The third kappa shape index (κ3) is 3.06. The van der Waals surface area contributed by atoms with Gasteiger partial charge in [-0.05, 0) is 40.3 Å². The number of piperazine rings is 1. The molecule has 2 fully saturated rings. The Hall–Kier alpha value is -1.69. The van der Waals surface area contributed by atoms with Crippen LogP contribution >= 0.6 is 0 Å². The first-order valence-electron chi connectivity index (χ1n) is 8.11. The summed E-state index contributed by atoms with van der Waals surface area (Å²) in [4.78, 5) is 27.9. The Morgan fingerprint density at radius 3 is 2.45 bits per heavy atom. The third-order valence-corrected chi connectivity index (χ3v) is 4.67. The summed E-state index contributed by atoms with van der Waals surface area (Å²) in [5.41, 5.74) is 0.994. The van der Waals surface area contributed by atoms with Crippen LogP contribution in [0.1, 0.15) is 24.4 Å². The molecule has 3 heterocycles. The van der Waals surface area contributed by atoms with Crippen molar-refractivity contribution in [2.75, 3.05) is 44.7 Å². The minimum Gasteiger partial charge on any atom is -0.353 e. The van der Waals surface area contributed by atoms with E-state index in [1.165, 1.54) is 0 Å². The molecule has 0 bridgehead atoms. The number of rotatable bonds is 2. The van der Waals surface area contributed by atoms with Crippen molar-refractivity contribution >= 4 is 11.7 Å². The van der Waals surface area contributed by atoms with E-state index >= 15 is 0 Å². The highest BCUT2D eigenvalue weighted by atomic mass is 16.2. The fraction of sp³-hybridized carbons (Fsp3) is 0.688. The molecule has 2 saturated heterocycles. The Balaban J connectivity index is 1.61. The predicted molar refractivity (Wildman–Crippen MR) is 86.0 cm³/mol. The van der Waals surface area contributed by atoms with Crippen molar-refractivity contribution in [1.82, 2.24) is 19.8 Å². The van der Waals surface area contributed by atoms with Crippen LogP contribution in [0.5, 0.6) is 0 Å². The smallest absolute Gasteiger partial charge is 0.240 e. The summed E-state index contributed by atoms with van der Waals surface area (Å²) >= 11 is 0. The minimum atomic E-state index is 0.0927. The van der Waals surface area contributed by atoms with Gasteiger partial charge in [-0.3, -0.25) is 9.69 Å². The Morgan fingerprint density at radius 1 is 1.14 bits per heavy atom. The number of likely N-dealkylation sites (N-methyl/N-ethyl adjacent to an activating group) is 1. The lowest BCUT2D eigenvalue weighted by Crippen LogP contribution is -2.53. The van der Waals surface area contributed by atoms with Crippen molar-refractivity contribution in [2.24, 2.45) is 0 Å². The maximum Gasteiger partial charge on any atom is 0.240 e. The summed E-state index contributed by atoms with van der Waals surface area (Å²) in [5.74, 6) is 2.09. The van der Waals surface area contributed by atoms with Gasteiger partial charge >= 0.3 is 0 Å². The molecule has 0 spiro atoms. The van der Waals surface area contributed by atoms with E-state index in [-0.39, 0.29) is 6.04 Å². The molecule has 22 heavy (non-hydrogen) atoms. The van der Waals surface area contributed by atoms with Gasteiger partial charge in [0.1, 0.15) is 11.6 Å². The zero-order valence-electron chi connectivity index (χ0n) is 13.7. The normalized spacial score (nSPS) is 23.1. The lowest BCUT2D eigenvalue weighted by atomic mass is 10.1. The van der Waals surface area contributed by atoms with Gasteiger partial charge in [-0.15, -0.1) is 0 Å². The fourth-order valence-corrected chi connectivity index (χ4v) is 3.45. The molecule has 0 radical (unpaired) electrons. The summed E-state index contributed by atoms with van der Waals surface area (Å²) in [6.07, 6.45) is 2.13. The fourth-order valence-electron chi connectivity index (χ4n) is 3.45. The van der Waals surface area contributed by atoms with Gasteiger partial charge < -0.3 is 9.80 Å². The van der Waals surface area contributed by atoms with Crippen LogP contribution in [0.3, 0.4) is 0 Å². The number of amides is 1. The minimum absolute atomic E-state index is 0.0927. The number of anilines is 1. The SMILES string of the molecule is Cc1cc(N2CCN(C(=O)C3CCCN3C)CC2)nc(C)n1. The summed E-state index contributed by atoms with van der Waals surface area (Å²) in [6, 6.07) is 2.12. The van der Waals surface area contributed by atoms with Gasteiger partial charge in [-0.2, -0.15) is 0 Å². The van der Waals surface area contributed by atoms with Gasteiger partial charge in [0.2, 0.25) is 5.91 Å². The molecule has 6 heteroatoms. The Kier molecular flexibility index (Phi) is 4.29. The number of nitrogens with zero attached hydrogens (tertiary/aromatic N) is 5. The summed E-state index contributed by atoms with van der Waals surface area (Å²) in [6.45, 7) is 8.21. The molecule has 2 aliphatic rings. The number of hydrogen-bond donors (Lipinski definition) is 0. The van der Waals surface area contributed by atoms with Crippen LogP contribution in [0.25, 0.3) is 0 Å². The molecule has 1 amide bonds. The molecule has 0 saturated carbocycles. The number of likely N-dealkylation sites (tertiary alicyclic amines) is 1. The average molecular weight is 303 g/mol. The van der Waals surface area contributed by atoms with Crippen LogP contribution in [-0.4, -0.2) is 71.5 Å². The highest BCUT2D eigenvalue weighted by Gasteiger charge is 2.32. The Morgan fingerprint density at radius 2 is 1.86 bits per heavy atom. The number of aromatic nitrogens is 2. The largest absolute Gasteiger partial charge is 0.353 e. The van der Waals surface area contributed by atoms with E-state index in [1.54, 1.807) is 0 Å². The number of hydrogen-bond acceptors (Lipinski definition) is 5. The highest BCUT2D eigenvalue weighted by molar-refractivity contribution is 5.82. The van der Waals surface area contributed by atoms with Crippen molar-refractivity contribution < 1.29 is 4.79 Å². The van der Waals surface area contributed by atoms with E-state index in [0.717, 1.165) is 62.9 Å². The van der Waals surface area contributed by atoms with Crippen LogP contribution < -0.4 is 4.90 Å². The van der Waals surface area contributed by atoms with Crippen molar-refractivity contribution in [2.45, 2.75) is 32.7 Å². The molecule has 2 aliphatic heterocycles. The Labute approximate surface area is 132 Å². The van der Waals surface area contributed by atoms with Gasteiger partial charge in [-0.25, -0.2) is 9.97 Å². The maximum absolute atomic E-state index is 12.6. The van der Waals surface area contributed by atoms with Crippen LogP contribution in [0.2, 0.25) is 0 Å². The maximum atomic E-state index is 12.6. The lowest BCUT2D eigenvalue weighted by Gasteiger charge is -2.37. The quantitative estimate of drug-likeness (QED) is 0.810. The first-order valence-corrected chi connectivity index (χ1v) is 8.11. The van der Waals surface area contributed by atoms with Crippen LogP contribution in [-0.2, 0) is 4.79 Å². The predicted octanol–water partition coefficient (Wildman–Crippen LogP) is 0.836. The molecule has 1 aromatic rings. The van der Waals surface area contributed by atoms with E-state index in [4.69, 9.17) is 0 Å². The van der Waals surface area contributed by atoms with Crippen LogP contribution in [0, 0.1) is 13.8 Å². The topological polar surface area (TPSA) is 52.6 Å². The Bertz CT molecular complexity index is 533. The second kappa shape index (κ2) is 6.20. The highest BCUT2D eigenvalue weighted by Crippen LogP contribution is 2.20. The van der Waals surface area contributed by atoms with Crippen molar-refractivity contribution in [1.29, 1.82) is 0 Å². The number of carbonyl (C=O) groups is 1. The lowest BCUT2D eigenvalue weighted by molar-refractivity contribution is -0.135. The van der Waals surface area contributed by atoms with Gasteiger partial charge in [0, 0.05) is 37.9 Å². The van der Waals surface area contributed by atoms with Crippen LogP contribution in [0.15, 0.2) is 6.07 Å². The van der Waals surface area contributed by atoms with Gasteiger partial charge in [-0.1, -0.05) is 0 Å². The molecule has 1 aromatic heterocycles. The summed E-state index contributed by atoms with van der Waals surface area (Å²) in [7, 11) is 2.05. The molecule has 3 rings (SSSR count). The van der Waals surface area contributed by atoms with E-state index in [0.29, 0.717) is 5.91 Å². The summed E-state index contributed by atoms with van der Waals surface area (Å²) in [5, 5.41) is 0. The third-order valence-electron chi connectivity index (χ3n) is 4.67. The first kappa shape index (κ1) is 15.2. The van der Waals surface area contributed by atoms with E-state index in [1.807, 2.05) is 24.8 Å². The second-order valence-corrected chi connectivity index (χ2v) is 6.37. The molecular formula is C16H25N5O. The van der Waals surface area contributed by atoms with Crippen molar-refractivity contribution in [3.8, 4) is 0 Å². The molecule has 6 nitrogen and oxygen atoms in total. The first-order chi connectivity index (χ1) is 10.5. The van der Waals surface area contributed by atoms with E-state index in [9.17, 15) is 4.79 Å². The average Bonchev–Trinajstić information content (AvgIpc) is 2.92. The van der Waals surface area contributed by atoms with Gasteiger partial charge in [0.25, 0.3) is 0 Å².